The number of rotatable bonds is 6. The number of hydrogen-bond donors (Lipinski definition) is 0. The molecule has 0 heterocycles. The van der Waals surface area contributed by atoms with E-state index in [2.05, 4.69) is 4.74 Å². The standard InChI is InChI=1S/C14H19F2NO2S/c1-9(20-10(2)13(18)17(3)4)11-5-7-12(8-6-11)19-14(15)16/h5-10,14H,1-4H3/t9-,10+/m0/s1. The third kappa shape index (κ3) is 5.00. The largest absolute Gasteiger partial charge is 0.435 e. The topological polar surface area (TPSA) is 29.5 Å². The highest BCUT2D eigenvalue weighted by Crippen LogP contribution is 2.33. The zero-order valence-electron chi connectivity index (χ0n) is 12.0. The van der Waals surface area contributed by atoms with Gasteiger partial charge in [-0.1, -0.05) is 12.1 Å². The molecule has 0 bridgehead atoms. The van der Waals surface area contributed by atoms with Crippen molar-refractivity contribution < 1.29 is 18.3 Å². The van der Waals surface area contributed by atoms with E-state index in [0.29, 0.717) is 0 Å². The Bertz CT molecular complexity index is 437. The van der Waals surface area contributed by atoms with Crippen molar-refractivity contribution in [3.05, 3.63) is 29.8 Å². The summed E-state index contributed by atoms with van der Waals surface area (Å²) >= 11 is 1.53. The van der Waals surface area contributed by atoms with Gasteiger partial charge >= 0.3 is 6.61 Å². The number of thioether (sulfide) groups is 1. The second kappa shape index (κ2) is 7.47. The van der Waals surface area contributed by atoms with Crippen LogP contribution in [0.3, 0.4) is 0 Å². The first-order valence-electron chi connectivity index (χ1n) is 6.22. The van der Waals surface area contributed by atoms with Crippen molar-refractivity contribution in [1.29, 1.82) is 0 Å². The molecule has 3 nitrogen and oxygen atoms in total. The lowest BCUT2D eigenvalue weighted by Gasteiger charge is -2.20. The Morgan fingerprint density at radius 3 is 2.20 bits per heavy atom. The summed E-state index contributed by atoms with van der Waals surface area (Å²) in [6, 6.07) is 6.50. The smallest absolute Gasteiger partial charge is 0.387 e. The molecular formula is C14H19F2NO2S. The molecule has 2 atom stereocenters. The van der Waals surface area contributed by atoms with E-state index in [9.17, 15) is 13.6 Å². The van der Waals surface area contributed by atoms with Crippen molar-refractivity contribution in [2.75, 3.05) is 14.1 Å². The number of alkyl halides is 2. The SMILES string of the molecule is C[C@H](S[C@H](C)C(=O)N(C)C)c1ccc(OC(F)F)cc1. The van der Waals surface area contributed by atoms with Crippen LogP contribution in [0.25, 0.3) is 0 Å². The maximum atomic E-state index is 12.0. The summed E-state index contributed by atoms with van der Waals surface area (Å²) in [7, 11) is 3.45. The van der Waals surface area contributed by atoms with Gasteiger partial charge in [0, 0.05) is 19.3 Å². The Hall–Kier alpha value is -1.30. The summed E-state index contributed by atoms with van der Waals surface area (Å²) in [5.41, 5.74) is 0.968. The van der Waals surface area contributed by atoms with Gasteiger partial charge in [0.1, 0.15) is 5.75 Å². The van der Waals surface area contributed by atoms with E-state index in [1.165, 1.54) is 23.9 Å². The molecule has 0 aliphatic carbocycles. The van der Waals surface area contributed by atoms with Gasteiger partial charge in [0.05, 0.1) is 5.25 Å². The first kappa shape index (κ1) is 16.8. The fourth-order valence-electron chi connectivity index (χ4n) is 1.73. The summed E-state index contributed by atoms with van der Waals surface area (Å²) in [4.78, 5) is 13.3. The normalized spacial score (nSPS) is 13.9. The van der Waals surface area contributed by atoms with Crippen LogP contribution in [0.15, 0.2) is 24.3 Å². The lowest BCUT2D eigenvalue weighted by Crippen LogP contribution is -2.30. The average molecular weight is 303 g/mol. The zero-order chi connectivity index (χ0) is 15.3. The molecule has 0 saturated heterocycles. The van der Waals surface area contributed by atoms with Crippen LogP contribution in [0.4, 0.5) is 8.78 Å². The van der Waals surface area contributed by atoms with Crippen LogP contribution in [-0.4, -0.2) is 36.8 Å². The van der Waals surface area contributed by atoms with Crippen molar-refractivity contribution >= 4 is 17.7 Å². The van der Waals surface area contributed by atoms with Crippen molar-refractivity contribution in [3.8, 4) is 5.75 Å². The number of halogens is 2. The summed E-state index contributed by atoms with van der Waals surface area (Å²) in [6.07, 6.45) is 0. The van der Waals surface area contributed by atoms with Gasteiger partial charge in [-0.3, -0.25) is 4.79 Å². The Kier molecular flexibility index (Phi) is 6.26. The monoisotopic (exact) mass is 303 g/mol. The average Bonchev–Trinajstić information content (AvgIpc) is 2.37. The minimum Gasteiger partial charge on any atom is -0.435 e. The molecular weight excluding hydrogens is 284 g/mol. The van der Waals surface area contributed by atoms with Crippen LogP contribution < -0.4 is 4.74 Å². The molecule has 1 aromatic rings. The quantitative estimate of drug-likeness (QED) is 0.805. The molecule has 1 aromatic carbocycles. The van der Waals surface area contributed by atoms with Crippen molar-refractivity contribution in [1.82, 2.24) is 4.90 Å². The molecule has 1 amide bonds. The van der Waals surface area contributed by atoms with Gasteiger partial charge in [0.2, 0.25) is 5.91 Å². The Morgan fingerprint density at radius 2 is 1.75 bits per heavy atom. The second-order valence-electron chi connectivity index (χ2n) is 4.60. The van der Waals surface area contributed by atoms with Gasteiger partial charge in [-0.25, -0.2) is 0 Å². The fraction of sp³-hybridized carbons (Fsp3) is 0.500. The van der Waals surface area contributed by atoms with E-state index >= 15 is 0 Å². The van der Waals surface area contributed by atoms with Gasteiger partial charge in [-0.2, -0.15) is 8.78 Å². The maximum Gasteiger partial charge on any atom is 0.387 e. The van der Waals surface area contributed by atoms with E-state index in [-0.39, 0.29) is 22.2 Å². The van der Waals surface area contributed by atoms with Crippen molar-refractivity contribution in [3.63, 3.8) is 0 Å². The van der Waals surface area contributed by atoms with Crippen LogP contribution in [0.1, 0.15) is 24.7 Å². The molecule has 0 saturated carbocycles. The van der Waals surface area contributed by atoms with Crippen molar-refractivity contribution in [2.45, 2.75) is 31.0 Å². The highest BCUT2D eigenvalue weighted by atomic mass is 32.2. The molecule has 0 spiro atoms. The van der Waals surface area contributed by atoms with E-state index < -0.39 is 6.61 Å². The first-order chi connectivity index (χ1) is 9.31. The Balaban J connectivity index is 2.63. The molecule has 1 rings (SSSR count). The summed E-state index contributed by atoms with van der Waals surface area (Å²) < 4.78 is 28.4. The lowest BCUT2D eigenvalue weighted by molar-refractivity contribution is -0.127. The number of ether oxygens (including phenoxy) is 1. The maximum absolute atomic E-state index is 12.0. The number of benzene rings is 1. The third-order valence-corrected chi connectivity index (χ3v) is 4.06. The van der Waals surface area contributed by atoms with E-state index in [1.54, 1.807) is 31.1 Å². The summed E-state index contributed by atoms with van der Waals surface area (Å²) in [6.45, 7) is 1.02. The predicted octanol–water partition coefficient (Wildman–Crippen LogP) is 3.56. The molecule has 0 unspecified atom stereocenters. The third-order valence-electron chi connectivity index (χ3n) is 2.77. The number of carbonyl (C=O) groups is 1. The highest BCUT2D eigenvalue weighted by molar-refractivity contribution is 8.00. The van der Waals surface area contributed by atoms with Gasteiger partial charge in [0.15, 0.2) is 0 Å². The number of carbonyl (C=O) groups excluding carboxylic acids is 1. The predicted molar refractivity (Wildman–Crippen MR) is 77.2 cm³/mol. The van der Waals surface area contributed by atoms with Crippen LogP contribution in [0.5, 0.6) is 5.75 Å². The summed E-state index contributed by atoms with van der Waals surface area (Å²) in [5.74, 6) is 0.192. The van der Waals surface area contributed by atoms with Gasteiger partial charge in [0.25, 0.3) is 0 Å². The highest BCUT2D eigenvalue weighted by Gasteiger charge is 2.19. The first-order valence-corrected chi connectivity index (χ1v) is 7.17. The van der Waals surface area contributed by atoms with E-state index in [4.69, 9.17) is 0 Å². The number of hydrogen-bond acceptors (Lipinski definition) is 3. The second-order valence-corrected chi connectivity index (χ2v) is 6.29. The van der Waals surface area contributed by atoms with E-state index in [1.807, 2.05) is 13.8 Å². The molecule has 0 aliphatic heterocycles. The van der Waals surface area contributed by atoms with Crippen LogP contribution in [-0.2, 0) is 4.79 Å². The molecule has 112 valence electrons. The molecule has 0 fully saturated rings. The molecule has 0 radical (unpaired) electrons. The van der Waals surface area contributed by atoms with Crippen LogP contribution in [0, 0.1) is 0 Å². The van der Waals surface area contributed by atoms with E-state index in [0.717, 1.165) is 5.56 Å². The van der Waals surface area contributed by atoms with Crippen molar-refractivity contribution in [2.24, 2.45) is 0 Å². The van der Waals surface area contributed by atoms with Gasteiger partial charge in [-0.05, 0) is 31.5 Å². The molecule has 6 heteroatoms. The lowest BCUT2D eigenvalue weighted by atomic mass is 10.1. The van der Waals surface area contributed by atoms with Crippen LogP contribution >= 0.6 is 11.8 Å². The fourth-order valence-corrected chi connectivity index (χ4v) is 2.98. The molecule has 0 N–H and O–H groups in total. The number of nitrogens with zero attached hydrogens (tertiary/aromatic N) is 1. The summed E-state index contributed by atoms with van der Waals surface area (Å²) in [5, 5.41) is -0.0634. The minimum atomic E-state index is -2.81. The minimum absolute atomic E-state index is 0.0551. The number of amides is 1. The van der Waals surface area contributed by atoms with Crippen LogP contribution in [0.2, 0.25) is 0 Å². The van der Waals surface area contributed by atoms with Gasteiger partial charge < -0.3 is 9.64 Å². The van der Waals surface area contributed by atoms with Gasteiger partial charge in [-0.15, -0.1) is 11.8 Å². The Morgan fingerprint density at radius 1 is 1.20 bits per heavy atom. The molecule has 0 aliphatic rings. The Labute approximate surface area is 122 Å². The zero-order valence-corrected chi connectivity index (χ0v) is 12.8. The molecule has 20 heavy (non-hydrogen) atoms. The molecule has 0 aromatic heterocycles.